The van der Waals surface area contributed by atoms with Gasteiger partial charge in [-0.2, -0.15) is 5.10 Å². The summed E-state index contributed by atoms with van der Waals surface area (Å²) in [6, 6.07) is 15.8. The number of carbonyl (C=O) groups excluding carboxylic acids is 2. The third-order valence-electron chi connectivity index (χ3n) is 4.49. The number of fused-ring (bicyclic) bond motifs is 1. The highest BCUT2D eigenvalue weighted by Gasteiger charge is 2.17. The van der Waals surface area contributed by atoms with Gasteiger partial charge in [-0.05, 0) is 42.8 Å². The molecule has 4 rings (SSSR count). The van der Waals surface area contributed by atoms with Gasteiger partial charge in [0.1, 0.15) is 4.83 Å². The molecule has 0 saturated carbocycles. The van der Waals surface area contributed by atoms with Crippen LogP contribution in [0.3, 0.4) is 0 Å². The predicted octanol–water partition coefficient (Wildman–Crippen LogP) is 4.84. The fourth-order valence-electron chi connectivity index (χ4n) is 3.00. The summed E-state index contributed by atoms with van der Waals surface area (Å²) < 4.78 is 1.83. The number of thiophene rings is 1. The molecular weight excluding hydrogens is 443 g/mol. The summed E-state index contributed by atoms with van der Waals surface area (Å²) in [5, 5.41) is 6.56. The number of hydrogen-bond donors (Lipinski definition) is 2. The van der Waals surface area contributed by atoms with E-state index < -0.39 is 11.8 Å². The number of hydrogen-bond acceptors (Lipinski definition) is 4. The maximum absolute atomic E-state index is 12.6. The zero-order chi connectivity index (χ0) is 21.3. The molecule has 2 heterocycles. The summed E-state index contributed by atoms with van der Waals surface area (Å²) in [6.45, 7) is 2.39. The third kappa shape index (κ3) is 4.18. The van der Waals surface area contributed by atoms with Crippen molar-refractivity contribution in [2.75, 3.05) is 0 Å². The molecule has 0 aliphatic heterocycles. The zero-order valence-electron chi connectivity index (χ0n) is 15.8. The molecule has 6 nitrogen and oxygen atoms in total. The largest absolute Gasteiger partial charge is 0.279 e. The summed E-state index contributed by atoms with van der Waals surface area (Å²) in [5.74, 6) is -0.858. The van der Waals surface area contributed by atoms with Crippen molar-refractivity contribution in [3.8, 4) is 0 Å². The van der Waals surface area contributed by atoms with E-state index in [1.807, 2.05) is 35.9 Å². The minimum Gasteiger partial charge on any atom is -0.267 e. The van der Waals surface area contributed by atoms with Crippen molar-refractivity contribution in [3.63, 3.8) is 0 Å². The molecule has 2 N–H and O–H groups in total. The van der Waals surface area contributed by atoms with E-state index >= 15 is 0 Å². The average Bonchev–Trinajstić information content (AvgIpc) is 3.29. The number of nitrogens with one attached hydrogen (secondary N) is 2. The van der Waals surface area contributed by atoms with Gasteiger partial charge in [0.2, 0.25) is 0 Å². The van der Waals surface area contributed by atoms with E-state index in [0.29, 0.717) is 27.0 Å². The van der Waals surface area contributed by atoms with Crippen molar-refractivity contribution >= 4 is 56.6 Å². The monoisotopic (exact) mass is 458 g/mol. The van der Waals surface area contributed by atoms with Crippen LogP contribution in [-0.2, 0) is 6.54 Å². The van der Waals surface area contributed by atoms with Crippen LogP contribution < -0.4 is 10.9 Å². The van der Waals surface area contributed by atoms with Crippen LogP contribution in [0, 0.1) is 6.92 Å². The highest BCUT2D eigenvalue weighted by molar-refractivity contribution is 7.20. The van der Waals surface area contributed by atoms with Gasteiger partial charge in [0, 0.05) is 21.0 Å². The van der Waals surface area contributed by atoms with Crippen molar-refractivity contribution in [2.24, 2.45) is 0 Å². The van der Waals surface area contributed by atoms with Crippen LogP contribution in [0.1, 0.15) is 31.3 Å². The molecule has 0 bridgehead atoms. The summed E-state index contributed by atoms with van der Waals surface area (Å²) >= 11 is 13.5. The van der Waals surface area contributed by atoms with Gasteiger partial charge in [-0.3, -0.25) is 25.1 Å². The molecule has 2 aromatic heterocycles. The number of amides is 2. The first kappa shape index (κ1) is 20.4. The van der Waals surface area contributed by atoms with Crippen LogP contribution in [0.4, 0.5) is 0 Å². The Kier molecular flexibility index (Phi) is 5.76. The molecule has 0 unspecified atom stereocenters. The molecule has 0 aliphatic rings. The standard InChI is InChI=1S/C21H16Cl2N4O2S/c1-12-16-10-18(20(29)25-24-19(28)13-6-4-7-15(22)9-13)30-21(16)27(26-12)11-14-5-2-3-8-17(14)23/h2-10H,11H2,1H3,(H,24,28)(H,25,29). The van der Waals surface area contributed by atoms with Crippen LogP contribution in [0.2, 0.25) is 10.0 Å². The number of aromatic nitrogens is 2. The Morgan fingerprint density at radius 2 is 1.80 bits per heavy atom. The van der Waals surface area contributed by atoms with Crippen molar-refractivity contribution in [1.82, 2.24) is 20.6 Å². The fourth-order valence-corrected chi connectivity index (χ4v) is 4.44. The molecule has 0 atom stereocenters. The molecule has 0 aliphatic carbocycles. The molecule has 2 aromatic carbocycles. The number of rotatable bonds is 4. The molecule has 0 radical (unpaired) electrons. The van der Waals surface area contributed by atoms with Crippen molar-refractivity contribution in [3.05, 3.63) is 86.3 Å². The Balaban J connectivity index is 1.51. The van der Waals surface area contributed by atoms with E-state index in [4.69, 9.17) is 23.2 Å². The number of halogens is 2. The third-order valence-corrected chi connectivity index (χ3v) is 6.24. The molecule has 4 aromatic rings. The fraction of sp³-hybridized carbons (Fsp3) is 0.0952. The highest BCUT2D eigenvalue weighted by atomic mass is 35.5. The summed E-state index contributed by atoms with van der Waals surface area (Å²) in [6.07, 6.45) is 0. The second kappa shape index (κ2) is 8.47. The van der Waals surface area contributed by atoms with Crippen LogP contribution in [-0.4, -0.2) is 21.6 Å². The first-order valence-corrected chi connectivity index (χ1v) is 10.6. The SMILES string of the molecule is Cc1nn(Cc2ccccc2Cl)c2sc(C(=O)NNC(=O)c3cccc(Cl)c3)cc12. The lowest BCUT2D eigenvalue weighted by Gasteiger charge is -2.07. The zero-order valence-corrected chi connectivity index (χ0v) is 18.1. The molecule has 152 valence electrons. The number of carbonyl (C=O) groups is 2. The van der Waals surface area contributed by atoms with Crippen LogP contribution in [0.25, 0.3) is 10.2 Å². The number of nitrogens with zero attached hydrogens (tertiary/aromatic N) is 2. The van der Waals surface area contributed by atoms with Gasteiger partial charge >= 0.3 is 0 Å². The van der Waals surface area contributed by atoms with Crippen molar-refractivity contribution in [1.29, 1.82) is 0 Å². The molecule has 2 amide bonds. The van der Waals surface area contributed by atoms with E-state index in [-0.39, 0.29) is 0 Å². The first-order chi connectivity index (χ1) is 14.4. The van der Waals surface area contributed by atoms with Crippen molar-refractivity contribution < 1.29 is 9.59 Å². The van der Waals surface area contributed by atoms with E-state index in [9.17, 15) is 9.59 Å². The quantitative estimate of drug-likeness (QED) is 0.429. The predicted molar refractivity (Wildman–Crippen MR) is 119 cm³/mol. The van der Waals surface area contributed by atoms with Gasteiger partial charge in [-0.15, -0.1) is 11.3 Å². The lowest BCUT2D eigenvalue weighted by atomic mass is 10.2. The van der Waals surface area contributed by atoms with Gasteiger partial charge in [-0.25, -0.2) is 0 Å². The van der Waals surface area contributed by atoms with Gasteiger partial charge in [-0.1, -0.05) is 47.5 Å². The molecular formula is C21H16Cl2N4O2S. The van der Waals surface area contributed by atoms with E-state index in [2.05, 4.69) is 16.0 Å². The normalized spacial score (nSPS) is 10.9. The van der Waals surface area contributed by atoms with Gasteiger partial charge < -0.3 is 0 Å². The smallest absolute Gasteiger partial charge is 0.267 e. The maximum atomic E-state index is 12.6. The molecule has 9 heteroatoms. The first-order valence-electron chi connectivity index (χ1n) is 8.99. The van der Waals surface area contributed by atoms with Crippen LogP contribution in [0.5, 0.6) is 0 Å². The lowest BCUT2D eigenvalue weighted by molar-refractivity contribution is 0.0849. The van der Waals surface area contributed by atoms with Crippen molar-refractivity contribution in [2.45, 2.75) is 13.5 Å². The molecule has 0 saturated heterocycles. The second-order valence-electron chi connectivity index (χ2n) is 6.58. The minimum atomic E-state index is -0.451. The minimum absolute atomic E-state index is 0.352. The van der Waals surface area contributed by atoms with Crippen LogP contribution >= 0.6 is 34.5 Å². The van der Waals surface area contributed by atoms with Gasteiger partial charge in [0.25, 0.3) is 11.8 Å². The highest BCUT2D eigenvalue weighted by Crippen LogP contribution is 2.29. The molecule has 30 heavy (non-hydrogen) atoms. The number of hydrazine groups is 1. The van der Waals surface area contributed by atoms with Gasteiger partial charge in [0.05, 0.1) is 17.1 Å². The Bertz CT molecular complexity index is 1270. The van der Waals surface area contributed by atoms with E-state index in [1.54, 1.807) is 24.3 Å². The Morgan fingerprint density at radius 3 is 2.57 bits per heavy atom. The summed E-state index contributed by atoms with van der Waals surface area (Å²) in [4.78, 5) is 26.1. The van der Waals surface area contributed by atoms with Crippen LogP contribution in [0.15, 0.2) is 54.6 Å². The number of benzene rings is 2. The average molecular weight is 459 g/mol. The topological polar surface area (TPSA) is 76.0 Å². The maximum Gasteiger partial charge on any atom is 0.279 e. The summed E-state index contributed by atoms with van der Waals surface area (Å²) in [5.41, 5.74) is 6.96. The Morgan fingerprint density at radius 1 is 1.03 bits per heavy atom. The second-order valence-corrected chi connectivity index (χ2v) is 8.46. The Hall–Kier alpha value is -2.87. The molecule has 0 fully saturated rings. The van der Waals surface area contributed by atoms with Gasteiger partial charge in [0.15, 0.2) is 0 Å². The Labute approximate surface area is 186 Å². The van der Waals surface area contributed by atoms with E-state index in [0.717, 1.165) is 21.5 Å². The summed E-state index contributed by atoms with van der Waals surface area (Å²) in [7, 11) is 0. The molecule has 0 spiro atoms. The number of aryl methyl sites for hydroxylation is 1. The lowest BCUT2D eigenvalue weighted by Crippen LogP contribution is -2.41. The van der Waals surface area contributed by atoms with E-state index in [1.165, 1.54) is 17.4 Å².